The molecule has 0 heterocycles. The molecule has 2 nitrogen and oxygen atoms in total. The van der Waals surface area contributed by atoms with Crippen LogP contribution in [0.3, 0.4) is 0 Å². The van der Waals surface area contributed by atoms with Gasteiger partial charge in [0.25, 0.3) is 0 Å². The number of carbonyl (C=O) groups is 1. The molecule has 0 amide bonds. The number of phenolic OH excluding ortho intramolecular Hbond substituents is 1. The summed E-state index contributed by atoms with van der Waals surface area (Å²) in [6.07, 6.45) is 6.55. The fraction of sp³-hybridized carbons (Fsp3) is 0.240. The van der Waals surface area contributed by atoms with E-state index in [9.17, 15) is 9.90 Å². The Morgan fingerprint density at radius 1 is 0.889 bits per heavy atom. The van der Waals surface area contributed by atoms with Crippen molar-refractivity contribution in [1.29, 1.82) is 0 Å². The van der Waals surface area contributed by atoms with E-state index in [1.807, 2.05) is 36.4 Å². The summed E-state index contributed by atoms with van der Waals surface area (Å²) in [6.45, 7) is 2.21. The Bertz CT molecular complexity index is 957. The van der Waals surface area contributed by atoms with E-state index in [0.717, 1.165) is 48.0 Å². The van der Waals surface area contributed by atoms with E-state index in [2.05, 4.69) is 19.1 Å². The summed E-state index contributed by atoms with van der Waals surface area (Å²) < 4.78 is 0. The van der Waals surface area contributed by atoms with Crippen molar-refractivity contribution >= 4 is 16.9 Å². The number of carbonyl (C=O) groups excluding carboxylic acids is 1. The highest BCUT2D eigenvalue weighted by atomic mass is 16.3. The van der Waals surface area contributed by atoms with E-state index in [4.69, 9.17) is 0 Å². The van der Waals surface area contributed by atoms with Crippen LogP contribution in [-0.4, -0.2) is 10.9 Å². The van der Waals surface area contributed by atoms with Gasteiger partial charge in [-0.25, -0.2) is 0 Å². The van der Waals surface area contributed by atoms with Crippen LogP contribution >= 0.6 is 0 Å². The van der Waals surface area contributed by atoms with Crippen LogP contribution in [0.25, 0.3) is 11.1 Å². The zero-order valence-corrected chi connectivity index (χ0v) is 15.7. The smallest absolute Gasteiger partial charge is 0.156 e. The van der Waals surface area contributed by atoms with Gasteiger partial charge >= 0.3 is 0 Å². The lowest BCUT2D eigenvalue weighted by molar-refractivity contribution is -0.114. The van der Waals surface area contributed by atoms with Gasteiger partial charge in [0, 0.05) is 6.42 Å². The number of aromatic hydroxyl groups is 1. The van der Waals surface area contributed by atoms with Crippen LogP contribution in [0.2, 0.25) is 0 Å². The molecule has 2 aliphatic carbocycles. The maximum absolute atomic E-state index is 12.2. The van der Waals surface area contributed by atoms with Crippen LogP contribution < -0.4 is 0 Å². The van der Waals surface area contributed by atoms with Gasteiger partial charge in [0.2, 0.25) is 0 Å². The molecular formula is C25H24O2. The summed E-state index contributed by atoms with van der Waals surface area (Å²) in [4.78, 5) is 12.2. The van der Waals surface area contributed by atoms with E-state index in [-0.39, 0.29) is 11.5 Å². The third-order valence-electron chi connectivity index (χ3n) is 5.44. The number of unbranched alkanes of at least 4 members (excludes halogenated alkanes) is 1. The second-order valence-electron chi connectivity index (χ2n) is 7.25. The Morgan fingerprint density at radius 2 is 1.59 bits per heavy atom. The van der Waals surface area contributed by atoms with Crippen molar-refractivity contribution in [3.63, 3.8) is 0 Å². The molecule has 4 rings (SSSR count). The van der Waals surface area contributed by atoms with Crippen LogP contribution in [0.1, 0.15) is 50.2 Å². The third kappa shape index (κ3) is 3.28. The molecule has 0 fully saturated rings. The van der Waals surface area contributed by atoms with Gasteiger partial charge in [0.1, 0.15) is 5.75 Å². The summed E-state index contributed by atoms with van der Waals surface area (Å²) >= 11 is 0. The fourth-order valence-corrected chi connectivity index (χ4v) is 4.16. The molecule has 0 unspecified atom stereocenters. The van der Waals surface area contributed by atoms with Gasteiger partial charge in [-0.2, -0.15) is 0 Å². The van der Waals surface area contributed by atoms with Crippen LogP contribution in [0, 0.1) is 0 Å². The van der Waals surface area contributed by atoms with Crippen molar-refractivity contribution in [3.05, 3.63) is 88.5 Å². The quantitative estimate of drug-likeness (QED) is 0.703. The third-order valence-corrected chi connectivity index (χ3v) is 5.44. The Balaban J connectivity index is 1.98. The molecule has 0 spiro atoms. The first-order chi connectivity index (χ1) is 13.2. The number of rotatable bonds is 5. The Hall–Kier alpha value is -2.87. The van der Waals surface area contributed by atoms with Crippen LogP contribution in [0.5, 0.6) is 5.75 Å². The van der Waals surface area contributed by atoms with Gasteiger partial charge < -0.3 is 5.11 Å². The lowest BCUT2D eigenvalue weighted by atomic mass is 9.87. The number of ketones is 1. The molecule has 0 saturated heterocycles. The number of hydrogen-bond donors (Lipinski definition) is 1. The number of benzene rings is 2. The number of hydrogen-bond acceptors (Lipinski definition) is 2. The topological polar surface area (TPSA) is 37.3 Å². The molecule has 0 aromatic heterocycles. The van der Waals surface area contributed by atoms with Gasteiger partial charge in [-0.1, -0.05) is 55.8 Å². The van der Waals surface area contributed by atoms with Crippen LogP contribution in [0.15, 0.2) is 77.4 Å². The van der Waals surface area contributed by atoms with E-state index in [0.29, 0.717) is 6.42 Å². The molecule has 2 aliphatic rings. The first kappa shape index (κ1) is 17.5. The second kappa shape index (κ2) is 7.40. The molecule has 0 bridgehead atoms. The predicted molar refractivity (Wildman–Crippen MR) is 110 cm³/mol. The highest BCUT2D eigenvalue weighted by molar-refractivity contribution is 6.14. The maximum Gasteiger partial charge on any atom is 0.156 e. The number of phenols is 1. The first-order valence-electron chi connectivity index (χ1n) is 9.75. The van der Waals surface area contributed by atoms with Crippen LogP contribution in [0.4, 0.5) is 0 Å². The van der Waals surface area contributed by atoms with Gasteiger partial charge in [0.15, 0.2) is 5.78 Å². The van der Waals surface area contributed by atoms with E-state index in [1.54, 1.807) is 12.1 Å². The lowest BCUT2D eigenvalue weighted by Gasteiger charge is -2.15. The molecule has 136 valence electrons. The van der Waals surface area contributed by atoms with Gasteiger partial charge in [-0.15, -0.1) is 0 Å². The minimum absolute atomic E-state index is 0.212. The van der Waals surface area contributed by atoms with E-state index in [1.165, 1.54) is 16.7 Å². The molecule has 2 aromatic rings. The summed E-state index contributed by atoms with van der Waals surface area (Å²) in [6, 6.07) is 17.8. The highest BCUT2D eigenvalue weighted by Crippen LogP contribution is 2.51. The van der Waals surface area contributed by atoms with Gasteiger partial charge in [-0.3, -0.25) is 4.79 Å². The summed E-state index contributed by atoms with van der Waals surface area (Å²) in [5.74, 6) is 0.483. The Kier molecular flexibility index (Phi) is 4.81. The Morgan fingerprint density at radius 3 is 2.30 bits per heavy atom. The summed E-state index contributed by atoms with van der Waals surface area (Å²) in [5, 5.41) is 9.75. The van der Waals surface area contributed by atoms with Crippen molar-refractivity contribution in [2.75, 3.05) is 0 Å². The van der Waals surface area contributed by atoms with Crippen LogP contribution in [-0.2, 0) is 4.79 Å². The minimum Gasteiger partial charge on any atom is -0.508 e. The van der Waals surface area contributed by atoms with E-state index < -0.39 is 0 Å². The SMILES string of the molecule is CCCCC1=C2CCC(=O)C=C2C(c2ccccc2)=C1c1ccc(O)cc1. The Labute approximate surface area is 160 Å². The van der Waals surface area contributed by atoms with Crippen molar-refractivity contribution in [3.8, 4) is 5.75 Å². The molecule has 0 aliphatic heterocycles. The average Bonchev–Trinajstić information content (AvgIpc) is 3.01. The van der Waals surface area contributed by atoms with Gasteiger partial charge in [-0.05, 0) is 76.5 Å². The zero-order chi connectivity index (χ0) is 18.8. The number of fused-ring (bicyclic) bond motifs is 1. The molecule has 2 heteroatoms. The zero-order valence-electron chi connectivity index (χ0n) is 15.7. The first-order valence-corrected chi connectivity index (χ1v) is 9.75. The van der Waals surface area contributed by atoms with E-state index >= 15 is 0 Å². The molecule has 27 heavy (non-hydrogen) atoms. The van der Waals surface area contributed by atoms with Crippen molar-refractivity contribution < 1.29 is 9.90 Å². The summed E-state index contributed by atoms with van der Waals surface area (Å²) in [5.41, 5.74) is 8.45. The largest absolute Gasteiger partial charge is 0.508 e. The molecule has 0 saturated carbocycles. The lowest BCUT2D eigenvalue weighted by Crippen LogP contribution is -2.05. The van der Waals surface area contributed by atoms with Crippen molar-refractivity contribution in [2.45, 2.75) is 39.0 Å². The van der Waals surface area contributed by atoms with Gasteiger partial charge in [0.05, 0.1) is 0 Å². The number of allylic oxidation sites excluding steroid dienone is 6. The van der Waals surface area contributed by atoms with Crippen molar-refractivity contribution in [2.24, 2.45) is 0 Å². The summed E-state index contributed by atoms with van der Waals surface area (Å²) in [7, 11) is 0. The molecule has 1 N–H and O–H groups in total. The average molecular weight is 356 g/mol. The standard InChI is InChI=1S/C25H24O2/c1-2-3-9-22-21-15-14-20(27)16-23(21)25(17-7-5-4-6-8-17)24(22)18-10-12-19(26)13-11-18/h4-8,10-13,16,26H,2-3,9,14-15H2,1H3. The molecule has 2 aromatic carbocycles. The molecule has 0 radical (unpaired) electrons. The monoisotopic (exact) mass is 356 g/mol. The molecule has 0 atom stereocenters. The van der Waals surface area contributed by atoms with Crippen molar-refractivity contribution in [1.82, 2.24) is 0 Å². The fourth-order valence-electron chi connectivity index (χ4n) is 4.16. The normalized spacial score (nSPS) is 16.6. The second-order valence-corrected chi connectivity index (χ2v) is 7.25. The maximum atomic E-state index is 12.2. The predicted octanol–water partition coefficient (Wildman–Crippen LogP) is 6.09. The minimum atomic E-state index is 0.212. The highest BCUT2D eigenvalue weighted by Gasteiger charge is 2.32. The molecular weight excluding hydrogens is 332 g/mol.